The monoisotopic (exact) mass is 348 g/mol. The van der Waals surface area contributed by atoms with Crippen molar-refractivity contribution in [2.45, 2.75) is 20.4 Å². The lowest BCUT2D eigenvalue weighted by molar-refractivity contribution is 0.249. The number of carbonyl (C=O) groups excluding carboxylic acids is 1. The van der Waals surface area contributed by atoms with Gasteiger partial charge in [-0.05, 0) is 32.0 Å². The predicted molar refractivity (Wildman–Crippen MR) is 89.4 cm³/mol. The maximum Gasteiger partial charge on any atom is 0.332 e. The Kier molecular flexibility index (Phi) is 4.80. The Bertz CT molecular complexity index is 727. The summed E-state index contributed by atoms with van der Waals surface area (Å²) >= 11 is 3.47. The van der Waals surface area contributed by atoms with E-state index in [2.05, 4.69) is 57.0 Å². The van der Waals surface area contributed by atoms with Gasteiger partial charge in [-0.15, -0.1) is 0 Å². The van der Waals surface area contributed by atoms with Crippen LogP contribution in [-0.2, 0) is 6.54 Å². The number of allylic oxidation sites excluding steroid dienone is 2. The Morgan fingerprint density at radius 2 is 2.24 bits per heavy atom. The summed E-state index contributed by atoms with van der Waals surface area (Å²) in [5.41, 5.74) is 10.5. The van der Waals surface area contributed by atoms with Crippen molar-refractivity contribution >= 4 is 39.1 Å². The molecule has 0 saturated carbocycles. The van der Waals surface area contributed by atoms with E-state index in [0.717, 1.165) is 27.5 Å². The zero-order valence-electron chi connectivity index (χ0n) is 11.9. The fourth-order valence-corrected chi connectivity index (χ4v) is 2.36. The van der Waals surface area contributed by atoms with Crippen LogP contribution < -0.4 is 11.2 Å². The van der Waals surface area contributed by atoms with Crippen LogP contribution in [0.3, 0.4) is 0 Å². The van der Waals surface area contributed by atoms with Crippen LogP contribution in [0, 0.1) is 0 Å². The molecule has 2 aromatic rings. The Balaban J connectivity index is 2.44. The molecule has 0 aliphatic heterocycles. The van der Waals surface area contributed by atoms with Gasteiger partial charge < -0.3 is 10.3 Å². The lowest BCUT2D eigenvalue weighted by Crippen LogP contribution is -2.24. The maximum absolute atomic E-state index is 10.7. The largest absolute Gasteiger partial charge is 0.350 e. The number of primary amides is 1. The number of amides is 2. The molecule has 0 fully saturated rings. The molecule has 1 heterocycles. The van der Waals surface area contributed by atoms with Crippen molar-refractivity contribution in [2.75, 3.05) is 0 Å². The highest BCUT2D eigenvalue weighted by molar-refractivity contribution is 9.10. The molecule has 1 aromatic carbocycles. The molecule has 0 radical (unpaired) electrons. The van der Waals surface area contributed by atoms with Crippen molar-refractivity contribution in [1.29, 1.82) is 0 Å². The smallest absolute Gasteiger partial charge is 0.332 e. The number of benzene rings is 1. The first-order valence-corrected chi connectivity index (χ1v) is 7.27. The summed E-state index contributed by atoms with van der Waals surface area (Å²) in [6.07, 6.45) is 5.76. The average molecular weight is 349 g/mol. The van der Waals surface area contributed by atoms with E-state index in [0.29, 0.717) is 0 Å². The number of rotatable bonds is 4. The van der Waals surface area contributed by atoms with Crippen molar-refractivity contribution in [3.05, 3.63) is 46.1 Å². The van der Waals surface area contributed by atoms with Crippen molar-refractivity contribution in [3.8, 4) is 0 Å². The highest BCUT2D eigenvalue weighted by Gasteiger charge is 2.07. The van der Waals surface area contributed by atoms with Crippen LogP contribution in [0.4, 0.5) is 4.79 Å². The molecule has 2 amide bonds. The van der Waals surface area contributed by atoms with Gasteiger partial charge in [0, 0.05) is 33.7 Å². The fraction of sp³-hybridized carbons (Fsp3) is 0.200. The van der Waals surface area contributed by atoms with Crippen molar-refractivity contribution in [3.63, 3.8) is 0 Å². The third kappa shape index (κ3) is 3.95. The molecule has 0 atom stereocenters. The number of hydrogen-bond acceptors (Lipinski definition) is 2. The summed E-state index contributed by atoms with van der Waals surface area (Å²) in [5, 5.41) is 4.89. The van der Waals surface area contributed by atoms with E-state index in [-0.39, 0.29) is 0 Å². The van der Waals surface area contributed by atoms with E-state index < -0.39 is 6.03 Å². The number of aromatic nitrogens is 1. The van der Waals surface area contributed by atoms with E-state index >= 15 is 0 Å². The van der Waals surface area contributed by atoms with Crippen LogP contribution in [0.15, 0.2) is 45.6 Å². The maximum atomic E-state index is 10.7. The minimum atomic E-state index is -0.680. The molecule has 21 heavy (non-hydrogen) atoms. The van der Waals surface area contributed by atoms with Crippen LogP contribution in [0.25, 0.3) is 10.9 Å². The Morgan fingerprint density at radius 1 is 1.48 bits per heavy atom. The second-order valence-electron chi connectivity index (χ2n) is 4.91. The average Bonchev–Trinajstić information content (AvgIpc) is 2.74. The summed E-state index contributed by atoms with van der Waals surface area (Å²) in [6, 6.07) is 5.40. The van der Waals surface area contributed by atoms with Gasteiger partial charge in [-0.2, -0.15) is 5.10 Å². The number of fused-ring (bicyclic) bond motifs is 1. The minimum Gasteiger partial charge on any atom is -0.350 e. The van der Waals surface area contributed by atoms with Gasteiger partial charge in [-0.3, -0.25) is 0 Å². The lowest BCUT2D eigenvalue weighted by Gasteiger charge is -2.01. The summed E-state index contributed by atoms with van der Waals surface area (Å²) < 4.78 is 3.13. The number of nitrogens with two attached hydrogens (primary N) is 1. The second-order valence-corrected chi connectivity index (χ2v) is 5.83. The molecule has 0 aliphatic carbocycles. The number of carbonyl (C=O) groups is 1. The molecule has 0 aliphatic rings. The molecule has 1 aromatic heterocycles. The third-order valence-electron chi connectivity index (χ3n) is 2.95. The van der Waals surface area contributed by atoms with Crippen molar-refractivity contribution in [1.82, 2.24) is 9.99 Å². The van der Waals surface area contributed by atoms with Gasteiger partial charge in [0.1, 0.15) is 0 Å². The van der Waals surface area contributed by atoms with Crippen LogP contribution in [-0.4, -0.2) is 16.8 Å². The van der Waals surface area contributed by atoms with Gasteiger partial charge in [-0.25, -0.2) is 10.2 Å². The van der Waals surface area contributed by atoms with Crippen molar-refractivity contribution < 1.29 is 4.79 Å². The molecular weight excluding hydrogens is 332 g/mol. The molecule has 0 bridgehead atoms. The molecule has 110 valence electrons. The number of hydrogen-bond donors (Lipinski definition) is 2. The van der Waals surface area contributed by atoms with Gasteiger partial charge in [-0.1, -0.05) is 27.6 Å². The van der Waals surface area contributed by atoms with Gasteiger partial charge in [0.25, 0.3) is 0 Å². The quantitative estimate of drug-likeness (QED) is 0.496. The summed E-state index contributed by atoms with van der Waals surface area (Å²) in [5.74, 6) is 0. The normalized spacial score (nSPS) is 11.0. The first-order valence-electron chi connectivity index (χ1n) is 6.47. The zero-order chi connectivity index (χ0) is 15.4. The van der Waals surface area contributed by atoms with Crippen molar-refractivity contribution in [2.24, 2.45) is 10.8 Å². The molecule has 0 spiro atoms. The number of nitrogens with zero attached hydrogens (tertiary/aromatic N) is 2. The number of nitrogens with one attached hydrogen (secondary N) is 1. The summed E-state index contributed by atoms with van der Waals surface area (Å²) in [7, 11) is 0. The Hall–Kier alpha value is -2.08. The van der Waals surface area contributed by atoms with E-state index in [1.165, 1.54) is 5.57 Å². The van der Waals surface area contributed by atoms with Crippen LogP contribution in [0.1, 0.15) is 19.4 Å². The predicted octanol–water partition coefficient (Wildman–Crippen LogP) is 3.37. The second kappa shape index (κ2) is 6.58. The highest BCUT2D eigenvalue weighted by Crippen LogP contribution is 2.24. The lowest BCUT2D eigenvalue weighted by atomic mass is 10.2. The van der Waals surface area contributed by atoms with Gasteiger partial charge >= 0.3 is 6.03 Å². The topological polar surface area (TPSA) is 72.4 Å². The zero-order valence-corrected chi connectivity index (χ0v) is 13.5. The molecule has 5 nitrogen and oxygen atoms in total. The molecule has 6 heteroatoms. The number of halogens is 1. The van der Waals surface area contributed by atoms with Gasteiger partial charge in [0.05, 0.1) is 6.21 Å². The Morgan fingerprint density at radius 3 is 2.90 bits per heavy atom. The summed E-state index contributed by atoms with van der Waals surface area (Å²) in [6.45, 7) is 4.93. The molecule has 3 N–H and O–H groups in total. The molecule has 0 saturated heterocycles. The van der Waals surface area contributed by atoms with E-state index in [1.807, 2.05) is 18.3 Å². The highest BCUT2D eigenvalue weighted by atomic mass is 79.9. The minimum absolute atomic E-state index is 0.680. The molecule has 2 rings (SSSR count). The summed E-state index contributed by atoms with van der Waals surface area (Å²) in [4.78, 5) is 10.7. The SMILES string of the molecule is CC(C)=CCn1cc(/C=N/NC(N)=O)c2cc(Br)ccc21. The fourth-order valence-electron chi connectivity index (χ4n) is 2.00. The Labute approximate surface area is 131 Å². The van der Waals surface area contributed by atoms with Crippen LogP contribution >= 0.6 is 15.9 Å². The van der Waals surface area contributed by atoms with Gasteiger partial charge in [0.15, 0.2) is 0 Å². The molecular formula is C15H17BrN4O. The third-order valence-corrected chi connectivity index (χ3v) is 3.44. The molecule has 0 unspecified atom stereocenters. The first-order chi connectivity index (χ1) is 9.97. The van der Waals surface area contributed by atoms with E-state index in [9.17, 15) is 4.79 Å². The number of urea groups is 1. The van der Waals surface area contributed by atoms with E-state index in [4.69, 9.17) is 5.73 Å². The van der Waals surface area contributed by atoms with E-state index in [1.54, 1.807) is 6.21 Å². The number of hydrazone groups is 1. The first kappa shape index (κ1) is 15.3. The van der Waals surface area contributed by atoms with Crippen LogP contribution in [0.5, 0.6) is 0 Å². The van der Waals surface area contributed by atoms with Crippen LogP contribution in [0.2, 0.25) is 0 Å². The standard InChI is InChI=1S/C15H17BrN4O/c1-10(2)5-6-20-9-11(8-18-19-15(17)21)13-7-12(16)3-4-14(13)20/h3-5,7-9H,6H2,1-2H3,(H3,17,19,21)/b18-8+. The van der Waals surface area contributed by atoms with Gasteiger partial charge in [0.2, 0.25) is 0 Å².